The zero-order valence-corrected chi connectivity index (χ0v) is 14.8. The Morgan fingerprint density at radius 3 is 1.09 bits per heavy atom. The Balaban J connectivity index is 0.00000192. The minimum absolute atomic E-state index is 0. The first-order valence-corrected chi connectivity index (χ1v) is 9.35. The predicted molar refractivity (Wildman–Crippen MR) is 104 cm³/mol. The molecule has 0 saturated carbocycles. The lowest BCUT2D eigenvalue weighted by Gasteiger charge is -2.40. The lowest BCUT2D eigenvalue weighted by atomic mass is 10.4. The topological polar surface area (TPSA) is 20.2 Å². The lowest BCUT2D eigenvalue weighted by molar-refractivity contribution is 0.278. The standard InChI is InChI=1S/C20H20OP.ClH/c1-17(21)22(18-11-5-2-6-12-18,19-13-7-3-8-14-19)20-15-9-4-10-16-20;/h2-17,21H,1H3;1H. The van der Waals surface area contributed by atoms with Gasteiger partial charge in [-0.25, -0.2) is 0 Å². The quantitative estimate of drug-likeness (QED) is 0.715. The molecule has 3 aromatic carbocycles. The third-order valence-corrected chi connectivity index (χ3v) is 8.51. The van der Waals surface area contributed by atoms with E-state index < -0.39 is 13.1 Å². The summed E-state index contributed by atoms with van der Waals surface area (Å²) >= 11 is 0. The van der Waals surface area contributed by atoms with E-state index in [0.29, 0.717) is 0 Å². The fourth-order valence-corrected chi connectivity index (χ4v) is 7.20. The molecule has 0 aromatic heterocycles. The van der Waals surface area contributed by atoms with Crippen molar-refractivity contribution in [3.63, 3.8) is 0 Å². The molecule has 3 rings (SSSR count). The number of rotatable bonds is 4. The normalized spacial score (nSPS) is 12.3. The van der Waals surface area contributed by atoms with Crippen LogP contribution in [0, 0.1) is 0 Å². The van der Waals surface area contributed by atoms with Crippen LogP contribution in [0.5, 0.6) is 0 Å². The Morgan fingerprint density at radius 2 is 0.870 bits per heavy atom. The average molecular weight is 344 g/mol. The zero-order valence-electron chi connectivity index (χ0n) is 13.0. The first-order valence-electron chi connectivity index (χ1n) is 7.50. The molecule has 0 amide bonds. The van der Waals surface area contributed by atoms with E-state index >= 15 is 0 Å². The molecule has 0 aliphatic rings. The van der Waals surface area contributed by atoms with Gasteiger partial charge in [-0.2, -0.15) is 0 Å². The maximum atomic E-state index is 10.9. The van der Waals surface area contributed by atoms with E-state index in [0.717, 1.165) is 0 Å². The molecule has 0 heterocycles. The largest absolute Gasteiger partial charge is 0.388 e. The van der Waals surface area contributed by atoms with Gasteiger partial charge in [-0.3, -0.25) is 0 Å². The molecule has 3 aromatic rings. The summed E-state index contributed by atoms with van der Waals surface area (Å²) in [5, 5.41) is 14.5. The molecule has 1 unspecified atom stereocenters. The number of hydrogen-bond acceptors (Lipinski definition) is 1. The average Bonchev–Trinajstić information content (AvgIpc) is 2.58. The van der Waals surface area contributed by atoms with Crippen LogP contribution in [0.15, 0.2) is 91.0 Å². The number of aliphatic hydroxyl groups is 1. The molecular weight excluding hydrogens is 323 g/mol. The highest BCUT2D eigenvalue weighted by Gasteiger charge is 2.38. The van der Waals surface area contributed by atoms with E-state index in [-0.39, 0.29) is 12.4 Å². The van der Waals surface area contributed by atoms with E-state index in [1.807, 2.05) is 25.1 Å². The van der Waals surface area contributed by atoms with E-state index in [2.05, 4.69) is 72.8 Å². The zero-order chi connectivity index (χ0) is 15.4. The molecule has 1 N–H and O–H groups in total. The molecule has 1 nitrogen and oxygen atoms in total. The number of halogens is 1. The van der Waals surface area contributed by atoms with Crippen molar-refractivity contribution in [3.05, 3.63) is 91.0 Å². The monoisotopic (exact) mass is 343 g/mol. The van der Waals surface area contributed by atoms with Crippen LogP contribution in [0.3, 0.4) is 0 Å². The summed E-state index contributed by atoms with van der Waals surface area (Å²) in [4.78, 5) is 0. The van der Waals surface area contributed by atoms with Gasteiger partial charge >= 0.3 is 0 Å². The molecule has 0 aliphatic heterocycles. The van der Waals surface area contributed by atoms with Gasteiger partial charge in [0, 0.05) is 0 Å². The van der Waals surface area contributed by atoms with Crippen molar-refractivity contribution in [3.8, 4) is 0 Å². The van der Waals surface area contributed by atoms with Gasteiger partial charge in [0.2, 0.25) is 0 Å². The van der Waals surface area contributed by atoms with E-state index in [1.54, 1.807) is 0 Å². The van der Waals surface area contributed by atoms with Gasteiger partial charge in [0.05, 0.1) is 5.85 Å². The molecule has 23 heavy (non-hydrogen) atoms. The smallest absolute Gasteiger partial charge is 0.0784 e. The Labute approximate surface area is 144 Å². The predicted octanol–water partition coefficient (Wildman–Crippen LogP) is 3.74. The van der Waals surface area contributed by atoms with Gasteiger partial charge in [-0.1, -0.05) is 91.0 Å². The summed E-state index contributed by atoms with van der Waals surface area (Å²) in [5.41, 5.74) is 0. The Hall–Kier alpha value is -1.66. The van der Waals surface area contributed by atoms with Gasteiger partial charge in [0.1, 0.15) is 0 Å². The van der Waals surface area contributed by atoms with Gasteiger partial charge < -0.3 is 5.11 Å². The van der Waals surface area contributed by atoms with Crippen molar-refractivity contribution < 1.29 is 5.11 Å². The van der Waals surface area contributed by atoms with Crippen molar-refractivity contribution >= 4 is 35.6 Å². The maximum Gasteiger partial charge on any atom is 0.0784 e. The molecule has 0 saturated heterocycles. The van der Waals surface area contributed by atoms with Crippen LogP contribution in [0.2, 0.25) is 0 Å². The van der Waals surface area contributed by atoms with Crippen LogP contribution in [0.1, 0.15) is 6.92 Å². The highest BCUT2D eigenvalue weighted by Crippen LogP contribution is 2.58. The first-order chi connectivity index (χ1) is 10.8. The fourth-order valence-electron chi connectivity index (χ4n) is 3.08. The Kier molecular flexibility index (Phi) is 5.96. The summed E-state index contributed by atoms with van der Waals surface area (Å²) in [5.74, 6) is -0.445. The van der Waals surface area contributed by atoms with Crippen LogP contribution in [0.25, 0.3) is 0 Å². The summed E-state index contributed by atoms with van der Waals surface area (Å²) in [6.45, 7) is 1.92. The second kappa shape index (κ2) is 7.75. The number of benzene rings is 3. The second-order valence-corrected chi connectivity index (χ2v) is 9.10. The molecular formula is C20H21ClOP. The van der Waals surface area contributed by atoms with E-state index in [9.17, 15) is 5.11 Å². The van der Waals surface area contributed by atoms with Crippen molar-refractivity contribution in [2.45, 2.75) is 12.8 Å². The van der Waals surface area contributed by atoms with E-state index in [1.165, 1.54) is 15.9 Å². The minimum atomic E-state index is -2.07. The molecule has 0 fully saturated rings. The van der Waals surface area contributed by atoms with Gasteiger partial charge in [-0.05, 0) is 30.1 Å². The van der Waals surface area contributed by atoms with Crippen LogP contribution in [0.4, 0.5) is 0 Å². The number of aliphatic hydroxyl groups excluding tert-OH is 1. The van der Waals surface area contributed by atoms with Gasteiger partial charge in [-0.15, -0.1) is 12.4 Å². The molecule has 119 valence electrons. The number of hydrogen-bond donors (Lipinski definition) is 1. The Bertz CT molecular complexity index is 618. The lowest BCUT2D eigenvalue weighted by Crippen LogP contribution is -2.37. The van der Waals surface area contributed by atoms with Gasteiger partial charge in [0.15, 0.2) is 0 Å². The Morgan fingerprint density at radius 1 is 0.609 bits per heavy atom. The maximum absolute atomic E-state index is 10.9. The van der Waals surface area contributed by atoms with Crippen molar-refractivity contribution in [2.75, 3.05) is 0 Å². The van der Waals surface area contributed by atoms with Crippen LogP contribution in [-0.2, 0) is 0 Å². The molecule has 1 atom stereocenters. The molecule has 0 aliphatic carbocycles. The van der Waals surface area contributed by atoms with Crippen LogP contribution >= 0.6 is 19.7 Å². The summed E-state index contributed by atoms with van der Waals surface area (Å²) in [6, 6.07) is 31.2. The SMILES string of the molecule is CC(O)[P](c1ccccc1)(c1ccccc1)c1ccccc1.Cl. The second-order valence-electron chi connectivity index (χ2n) is 5.36. The molecule has 0 spiro atoms. The highest BCUT2D eigenvalue weighted by atomic mass is 35.5. The minimum Gasteiger partial charge on any atom is -0.388 e. The third-order valence-electron chi connectivity index (χ3n) is 4.05. The van der Waals surface area contributed by atoms with Crippen LogP contribution < -0.4 is 15.9 Å². The summed E-state index contributed by atoms with van der Waals surface area (Å²) < 4.78 is 0. The van der Waals surface area contributed by atoms with E-state index in [4.69, 9.17) is 0 Å². The molecule has 0 bridgehead atoms. The summed E-state index contributed by atoms with van der Waals surface area (Å²) in [6.07, 6.45) is 0. The first kappa shape index (κ1) is 17.7. The molecule has 1 radical (unpaired) electrons. The molecule has 3 heteroatoms. The van der Waals surface area contributed by atoms with Gasteiger partial charge in [0.25, 0.3) is 0 Å². The van der Waals surface area contributed by atoms with Crippen molar-refractivity contribution in [1.82, 2.24) is 0 Å². The third kappa shape index (κ3) is 3.19. The fraction of sp³-hybridized carbons (Fsp3) is 0.100. The highest BCUT2D eigenvalue weighted by molar-refractivity contribution is 7.96. The summed E-state index contributed by atoms with van der Waals surface area (Å²) in [7, 11) is -2.07. The van der Waals surface area contributed by atoms with Crippen molar-refractivity contribution in [1.29, 1.82) is 0 Å². The van der Waals surface area contributed by atoms with Crippen molar-refractivity contribution in [2.24, 2.45) is 0 Å². The van der Waals surface area contributed by atoms with Crippen LogP contribution in [-0.4, -0.2) is 11.0 Å².